The average molecular weight is 231 g/mol. The molecule has 0 spiro atoms. The topological polar surface area (TPSA) is 23.5 Å². The fourth-order valence-corrected chi connectivity index (χ4v) is 3.32. The zero-order valence-electron chi connectivity index (χ0n) is 10.4. The van der Waals surface area contributed by atoms with Gasteiger partial charge in [0, 0.05) is 19.1 Å². The predicted octanol–water partition coefficient (Wildman–Crippen LogP) is 3.08. The number of aromatic hydroxyl groups is 1. The SMILES string of the molecule is Oc1ccc2c(c1)CN(C1CCCCC1)CC2. The van der Waals surface area contributed by atoms with E-state index in [0.29, 0.717) is 5.75 Å². The van der Waals surface area contributed by atoms with E-state index in [0.717, 1.165) is 19.0 Å². The van der Waals surface area contributed by atoms with Gasteiger partial charge in [0.05, 0.1) is 0 Å². The third-order valence-corrected chi connectivity index (χ3v) is 4.32. The third-order valence-electron chi connectivity index (χ3n) is 4.32. The second-order valence-electron chi connectivity index (χ2n) is 5.47. The maximum atomic E-state index is 9.57. The summed E-state index contributed by atoms with van der Waals surface area (Å²) in [5, 5.41) is 9.57. The first-order chi connectivity index (χ1) is 8.33. The maximum absolute atomic E-state index is 9.57. The fourth-order valence-electron chi connectivity index (χ4n) is 3.32. The quantitative estimate of drug-likeness (QED) is 0.803. The van der Waals surface area contributed by atoms with Gasteiger partial charge in [0.1, 0.15) is 5.75 Å². The molecule has 0 bridgehead atoms. The zero-order chi connectivity index (χ0) is 11.7. The Labute approximate surface area is 103 Å². The smallest absolute Gasteiger partial charge is 0.115 e. The normalized spacial score (nSPS) is 22.4. The predicted molar refractivity (Wildman–Crippen MR) is 69.1 cm³/mol. The molecule has 0 atom stereocenters. The van der Waals surface area contributed by atoms with E-state index in [1.807, 2.05) is 12.1 Å². The highest BCUT2D eigenvalue weighted by molar-refractivity contribution is 5.36. The van der Waals surface area contributed by atoms with Gasteiger partial charge in [-0.05, 0) is 42.5 Å². The average Bonchev–Trinajstić information content (AvgIpc) is 2.39. The number of nitrogens with zero attached hydrogens (tertiary/aromatic N) is 1. The largest absolute Gasteiger partial charge is 0.508 e. The number of hydrogen-bond donors (Lipinski definition) is 1. The zero-order valence-corrected chi connectivity index (χ0v) is 10.4. The molecule has 0 unspecified atom stereocenters. The van der Waals surface area contributed by atoms with E-state index in [2.05, 4.69) is 11.0 Å². The maximum Gasteiger partial charge on any atom is 0.115 e. The van der Waals surface area contributed by atoms with Crippen LogP contribution in [0, 0.1) is 0 Å². The molecule has 2 aliphatic rings. The fraction of sp³-hybridized carbons (Fsp3) is 0.600. The Hall–Kier alpha value is -1.02. The van der Waals surface area contributed by atoms with Crippen molar-refractivity contribution < 1.29 is 5.11 Å². The van der Waals surface area contributed by atoms with Crippen molar-refractivity contribution in [3.63, 3.8) is 0 Å². The molecule has 2 nitrogen and oxygen atoms in total. The van der Waals surface area contributed by atoms with Crippen molar-refractivity contribution in [2.24, 2.45) is 0 Å². The molecule has 1 fully saturated rings. The molecule has 92 valence electrons. The van der Waals surface area contributed by atoms with Crippen molar-refractivity contribution >= 4 is 0 Å². The number of phenolic OH excluding ortho intramolecular Hbond substituents is 1. The lowest BCUT2D eigenvalue weighted by atomic mass is 9.91. The van der Waals surface area contributed by atoms with Crippen molar-refractivity contribution in [3.8, 4) is 5.75 Å². The van der Waals surface area contributed by atoms with Crippen molar-refractivity contribution in [2.45, 2.75) is 51.1 Å². The van der Waals surface area contributed by atoms with Gasteiger partial charge in [-0.25, -0.2) is 0 Å². The van der Waals surface area contributed by atoms with Crippen molar-refractivity contribution in [2.75, 3.05) is 6.54 Å². The molecule has 1 aromatic carbocycles. The number of benzene rings is 1. The molecule has 0 amide bonds. The van der Waals surface area contributed by atoms with E-state index >= 15 is 0 Å². The first-order valence-corrected chi connectivity index (χ1v) is 6.88. The van der Waals surface area contributed by atoms with E-state index in [4.69, 9.17) is 0 Å². The van der Waals surface area contributed by atoms with Crippen LogP contribution in [0.4, 0.5) is 0 Å². The lowest BCUT2D eigenvalue weighted by Gasteiger charge is -2.37. The highest BCUT2D eigenvalue weighted by atomic mass is 16.3. The van der Waals surface area contributed by atoms with Crippen LogP contribution < -0.4 is 0 Å². The van der Waals surface area contributed by atoms with Crippen LogP contribution in [0.15, 0.2) is 18.2 Å². The number of rotatable bonds is 1. The van der Waals surface area contributed by atoms with E-state index < -0.39 is 0 Å². The Morgan fingerprint density at radius 1 is 1.06 bits per heavy atom. The molecular formula is C15H21NO. The number of phenols is 1. The lowest BCUT2D eigenvalue weighted by Crippen LogP contribution is -2.40. The minimum Gasteiger partial charge on any atom is -0.508 e. The van der Waals surface area contributed by atoms with E-state index in [1.54, 1.807) is 0 Å². The summed E-state index contributed by atoms with van der Waals surface area (Å²) < 4.78 is 0. The molecule has 0 aromatic heterocycles. The van der Waals surface area contributed by atoms with Crippen LogP contribution in [0.1, 0.15) is 43.2 Å². The molecule has 1 saturated carbocycles. The molecule has 17 heavy (non-hydrogen) atoms. The van der Waals surface area contributed by atoms with Crippen LogP contribution in [0.2, 0.25) is 0 Å². The Bertz CT molecular complexity index is 396. The molecule has 1 aliphatic carbocycles. The van der Waals surface area contributed by atoms with E-state index in [-0.39, 0.29) is 0 Å². The summed E-state index contributed by atoms with van der Waals surface area (Å²) in [5.41, 5.74) is 2.76. The first-order valence-electron chi connectivity index (χ1n) is 6.88. The monoisotopic (exact) mass is 231 g/mol. The summed E-state index contributed by atoms with van der Waals surface area (Å²) in [7, 11) is 0. The van der Waals surface area contributed by atoms with Gasteiger partial charge < -0.3 is 5.11 Å². The van der Waals surface area contributed by atoms with E-state index in [1.165, 1.54) is 49.8 Å². The lowest BCUT2D eigenvalue weighted by molar-refractivity contribution is 0.141. The number of hydrogen-bond acceptors (Lipinski definition) is 2. The van der Waals surface area contributed by atoms with Gasteiger partial charge in [0.2, 0.25) is 0 Å². The van der Waals surface area contributed by atoms with E-state index in [9.17, 15) is 5.11 Å². The molecule has 0 saturated heterocycles. The highest BCUT2D eigenvalue weighted by Gasteiger charge is 2.24. The van der Waals surface area contributed by atoms with Crippen LogP contribution in [0.25, 0.3) is 0 Å². The van der Waals surface area contributed by atoms with Crippen LogP contribution in [0.5, 0.6) is 5.75 Å². The van der Waals surface area contributed by atoms with Gasteiger partial charge in [-0.15, -0.1) is 0 Å². The van der Waals surface area contributed by atoms with Crippen LogP contribution >= 0.6 is 0 Å². The molecular weight excluding hydrogens is 210 g/mol. The van der Waals surface area contributed by atoms with Gasteiger partial charge in [-0.1, -0.05) is 25.3 Å². The van der Waals surface area contributed by atoms with Crippen LogP contribution in [-0.2, 0) is 13.0 Å². The molecule has 1 aromatic rings. The second kappa shape index (κ2) is 4.69. The van der Waals surface area contributed by atoms with Gasteiger partial charge >= 0.3 is 0 Å². The molecule has 3 rings (SSSR count). The van der Waals surface area contributed by atoms with Gasteiger partial charge in [-0.3, -0.25) is 4.90 Å². The molecule has 1 heterocycles. The molecule has 2 heteroatoms. The molecule has 0 radical (unpaired) electrons. The van der Waals surface area contributed by atoms with Crippen LogP contribution in [0.3, 0.4) is 0 Å². The first kappa shape index (κ1) is 11.1. The Morgan fingerprint density at radius 2 is 1.88 bits per heavy atom. The summed E-state index contributed by atoms with van der Waals surface area (Å²) in [6, 6.07) is 6.64. The minimum atomic E-state index is 0.411. The van der Waals surface area contributed by atoms with Crippen molar-refractivity contribution in [3.05, 3.63) is 29.3 Å². The summed E-state index contributed by atoms with van der Waals surface area (Å²) in [6.45, 7) is 2.23. The second-order valence-corrected chi connectivity index (χ2v) is 5.47. The Kier molecular flexibility index (Phi) is 3.06. The molecule has 1 N–H and O–H groups in total. The Balaban J connectivity index is 1.75. The van der Waals surface area contributed by atoms with Gasteiger partial charge in [-0.2, -0.15) is 0 Å². The standard InChI is InChI=1S/C15H21NO/c17-15-7-6-12-8-9-16(11-13(12)10-15)14-4-2-1-3-5-14/h6-7,10,14,17H,1-5,8-9,11H2. The Morgan fingerprint density at radius 3 is 2.71 bits per heavy atom. The molecule has 1 aliphatic heterocycles. The van der Waals surface area contributed by atoms with Crippen molar-refractivity contribution in [1.82, 2.24) is 4.90 Å². The summed E-state index contributed by atoms with van der Waals surface area (Å²) in [6.07, 6.45) is 8.10. The van der Waals surface area contributed by atoms with Gasteiger partial charge in [0.15, 0.2) is 0 Å². The number of fused-ring (bicyclic) bond motifs is 1. The summed E-state index contributed by atoms with van der Waals surface area (Å²) >= 11 is 0. The summed E-state index contributed by atoms with van der Waals surface area (Å²) in [4.78, 5) is 2.63. The van der Waals surface area contributed by atoms with Crippen molar-refractivity contribution in [1.29, 1.82) is 0 Å². The third kappa shape index (κ3) is 2.32. The summed E-state index contributed by atoms with van der Waals surface area (Å²) in [5.74, 6) is 0.411. The highest BCUT2D eigenvalue weighted by Crippen LogP contribution is 2.29. The minimum absolute atomic E-state index is 0.411. The van der Waals surface area contributed by atoms with Crippen LogP contribution in [-0.4, -0.2) is 22.6 Å². The van der Waals surface area contributed by atoms with Gasteiger partial charge in [0.25, 0.3) is 0 Å².